The molecule has 0 spiro atoms. The Hall–Kier alpha value is -1.52. The van der Waals surface area contributed by atoms with Crippen molar-refractivity contribution < 1.29 is 9.90 Å². The zero-order valence-corrected chi connectivity index (χ0v) is 11.3. The summed E-state index contributed by atoms with van der Waals surface area (Å²) >= 11 is 6.12. The average molecular weight is 279 g/mol. The van der Waals surface area contributed by atoms with Crippen LogP contribution in [0.3, 0.4) is 0 Å². The van der Waals surface area contributed by atoms with E-state index in [9.17, 15) is 4.79 Å². The lowest BCUT2D eigenvalue weighted by atomic mass is 9.83. The monoisotopic (exact) mass is 278 g/mol. The molecule has 5 heteroatoms. The van der Waals surface area contributed by atoms with Crippen LogP contribution < -0.4 is 5.73 Å². The predicted octanol–water partition coefficient (Wildman–Crippen LogP) is 2.78. The van der Waals surface area contributed by atoms with E-state index in [0.717, 1.165) is 27.7 Å². The molecule has 2 atom stereocenters. The number of carboxylic acid groups (broad SMARTS) is 1. The Balaban J connectivity index is 2.21. The first kappa shape index (κ1) is 12.5. The van der Waals surface area contributed by atoms with Gasteiger partial charge in [-0.15, -0.1) is 0 Å². The summed E-state index contributed by atoms with van der Waals surface area (Å²) in [7, 11) is 0. The number of halogens is 1. The van der Waals surface area contributed by atoms with E-state index in [4.69, 9.17) is 22.4 Å². The summed E-state index contributed by atoms with van der Waals surface area (Å²) in [5.74, 6) is -1.19. The van der Waals surface area contributed by atoms with Gasteiger partial charge in [-0.3, -0.25) is 4.79 Å². The number of hydrogen-bond donors (Lipinski definition) is 3. The third-order valence-corrected chi connectivity index (χ3v) is 4.41. The van der Waals surface area contributed by atoms with Crippen molar-refractivity contribution in [1.29, 1.82) is 0 Å². The second kappa shape index (κ2) is 4.25. The van der Waals surface area contributed by atoms with Gasteiger partial charge in [0.25, 0.3) is 0 Å². The molecule has 4 N–H and O–H groups in total. The molecule has 0 amide bonds. The highest BCUT2D eigenvalue weighted by atomic mass is 35.5. The van der Waals surface area contributed by atoms with Crippen LogP contribution in [0.1, 0.15) is 29.3 Å². The Kier molecular flexibility index (Phi) is 2.80. The molecule has 0 radical (unpaired) electrons. The number of rotatable bonds is 1. The fraction of sp³-hybridized carbons (Fsp3) is 0.357. The van der Waals surface area contributed by atoms with Crippen LogP contribution in [0.4, 0.5) is 0 Å². The number of carbonyl (C=O) groups is 1. The summed E-state index contributed by atoms with van der Waals surface area (Å²) in [5.41, 5.74) is 10.1. The molecule has 3 rings (SSSR count). The molecule has 0 aliphatic heterocycles. The van der Waals surface area contributed by atoms with Gasteiger partial charge in [0.15, 0.2) is 0 Å². The molecular formula is C14H15ClN2O2. The van der Waals surface area contributed by atoms with Gasteiger partial charge in [-0.25, -0.2) is 0 Å². The molecule has 1 aliphatic carbocycles. The van der Waals surface area contributed by atoms with E-state index in [0.29, 0.717) is 17.9 Å². The van der Waals surface area contributed by atoms with Crippen LogP contribution in [0.15, 0.2) is 12.1 Å². The molecule has 19 heavy (non-hydrogen) atoms. The third kappa shape index (κ3) is 1.83. The van der Waals surface area contributed by atoms with Gasteiger partial charge in [0, 0.05) is 28.6 Å². The van der Waals surface area contributed by atoms with Gasteiger partial charge < -0.3 is 15.8 Å². The number of fused-ring (bicyclic) bond motifs is 3. The van der Waals surface area contributed by atoms with E-state index in [2.05, 4.69) is 4.98 Å². The van der Waals surface area contributed by atoms with Crippen molar-refractivity contribution in [2.24, 2.45) is 11.7 Å². The van der Waals surface area contributed by atoms with Gasteiger partial charge in [-0.2, -0.15) is 0 Å². The van der Waals surface area contributed by atoms with Gasteiger partial charge in [-0.05, 0) is 30.5 Å². The molecule has 0 fully saturated rings. The summed E-state index contributed by atoms with van der Waals surface area (Å²) in [5, 5.41) is 10.9. The molecular weight excluding hydrogens is 264 g/mol. The lowest BCUT2D eigenvalue weighted by Crippen LogP contribution is -2.28. The third-order valence-electron chi connectivity index (χ3n) is 4.00. The van der Waals surface area contributed by atoms with Crippen molar-refractivity contribution in [1.82, 2.24) is 4.98 Å². The zero-order valence-electron chi connectivity index (χ0n) is 10.5. The number of aliphatic carboxylic acids is 1. The summed E-state index contributed by atoms with van der Waals surface area (Å²) in [4.78, 5) is 14.5. The summed E-state index contributed by atoms with van der Waals surface area (Å²) < 4.78 is 0. The van der Waals surface area contributed by atoms with Crippen molar-refractivity contribution in [3.8, 4) is 0 Å². The van der Waals surface area contributed by atoms with Crippen LogP contribution in [-0.4, -0.2) is 16.1 Å². The minimum Gasteiger partial charge on any atom is -0.481 e. The lowest BCUT2D eigenvalue weighted by molar-refractivity contribution is -0.142. The molecule has 2 unspecified atom stereocenters. The second-order valence-corrected chi connectivity index (χ2v) is 5.60. The standard InChI is InChI=1S/C14H15ClN2O2/c1-6-9(15)3-2-8-12-10(16)4-7(14(18)19)5-11(12)17-13(6)8/h2-3,7,10,17H,4-5,16H2,1H3,(H,18,19). The molecule has 2 aromatic rings. The molecule has 1 aliphatic rings. The molecule has 0 saturated carbocycles. The Morgan fingerprint density at radius 3 is 2.95 bits per heavy atom. The second-order valence-electron chi connectivity index (χ2n) is 5.19. The number of nitrogens with two attached hydrogens (primary N) is 1. The molecule has 0 bridgehead atoms. The molecule has 4 nitrogen and oxygen atoms in total. The summed E-state index contributed by atoms with van der Waals surface area (Å²) in [6, 6.07) is 3.59. The molecule has 1 aromatic carbocycles. The van der Waals surface area contributed by atoms with Crippen LogP contribution in [0.5, 0.6) is 0 Å². The van der Waals surface area contributed by atoms with E-state index in [1.54, 1.807) is 0 Å². The smallest absolute Gasteiger partial charge is 0.306 e. The Bertz CT molecular complexity index is 678. The fourth-order valence-electron chi connectivity index (χ4n) is 2.98. The Morgan fingerprint density at radius 2 is 2.26 bits per heavy atom. The first-order chi connectivity index (χ1) is 8.99. The average Bonchev–Trinajstić information content (AvgIpc) is 2.73. The number of nitrogens with one attached hydrogen (secondary N) is 1. The quantitative estimate of drug-likeness (QED) is 0.750. The first-order valence-electron chi connectivity index (χ1n) is 6.27. The summed E-state index contributed by atoms with van der Waals surface area (Å²) in [6.07, 6.45) is 0.987. The van der Waals surface area contributed by atoms with Crippen molar-refractivity contribution in [3.63, 3.8) is 0 Å². The SMILES string of the molecule is Cc1c(Cl)ccc2c3c([nH]c12)CC(C(=O)O)CC3N. The maximum Gasteiger partial charge on any atom is 0.306 e. The minimum atomic E-state index is -0.783. The zero-order chi connectivity index (χ0) is 13.7. The number of benzene rings is 1. The molecule has 1 heterocycles. The van der Waals surface area contributed by atoms with Crippen LogP contribution >= 0.6 is 11.6 Å². The van der Waals surface area contributed by atoms with E-state index >= 15 is 0 Å². The highest BCUT2D eigenvalue weighted by Gasteiger charge is 2.32. The number of aromatic nitrogens is 1. The van der Waals surface area contributed by atoms with Crippen molar-refractivity contribution in [3.05, 3.63) is 34.0 Å². The Labute approximate surface area is 115 Å². The number of aromatic amines is 1. The van der Waals surface area contributed by atoms with Crippen LogP contribution in [0.2, 0.25) is 5.02 Å². The fourth-order valence-corrected chi connectivity index (χ4v) is 3.14. The van der Waals surface area contributed by atoms with Crippen molar-refractivity contribution in [2.75, 3.05) is 0 Å². The minimum absolute atomic E-state index is 0.237. The lowest BCUT2D eigenvalue weighted by Gasteiger charge is -2.24. The molecule has 100 valence electrons. The van der Waals surface area contributed by atoms with E-state index in [1.165, 1.54) is 0 Å². The van der Waals surface area contributed by atoms with E-state index < -0.39 is 11.9 Å². The summed E-state index contributed by atoms with van der Waals surface area (Å²) in [6.45, 7) is 1.95. The number of carboxylic acids is 1. The maximum absolute atomic E-state index is 11.2. The normalized spacial score (nSPS) is 22.5. The van der Waals surface area contributed by atoms with Gasteiger partial charge in [-0.1, -0.05) is 17.7 Å². The van der Waals surface area contributed by atoms with Gasteiger partial charge in [0.2, 0.25) is 0 Å². The van der Waals surface area contributed by atoms with Crippen LogP contribution in [-0.2, 0) is 11.2 Å². The molecule has 1 aromatic heterocycles. The van der Waals surface area contributed by atoms with Crippen molar-refractivity contribution >= 4 is 28.5 Å². The van der Waals surface area contributed by atoms with Crippen molar-refractivity contribution in [2.45, 2.75) is 25.8 Å². The Morgan fingerprint density at radius 1 is 1.53 bits per heavy atom. The van der Waals surface area contributed by atoms with E-state index in [-0.39, 0.29) is 6.04 Å². The number of hydrogen-bond acceptors (Lipinski definition) is 2. The van der Waals surface area contributed by atoms with Gasteiger partial charge in [0.1, 0.15) is 0 Å². The topological polar surface area (TPSA) is 79.1 Å². The van der Waals surface area contributed by atoms with Crippen LogP contribution in [0.25, 0.3) is 10.9 Å². The highest BCUT2D eigenvalue weighted by Crippen LogP contribution is 2.38. The predicted molar refractivity (Wildman–Crippen MR) is 74.4 cm³/mol. The largest absolute Gasteiger partial charge is 0.481 e. The molecule has 0 saturated heterocycles. The highest BCUT2D eigenvalue weighted by molar-refractivity contribution is 6.32. The maximum atomic E-state index is 11.2. The van der Waals surface area contributed by atoms with Gasteiger partial charge >= 0.3 is 5.97 Å². The van der Waals surface area contributed by atoms with E-state index in [1.807, 2.05) is 19.1 Å². The number of H-pyrrole nitrogens is 1. The van der Waals surface area contributed by atoms with Gasteiger partial charge in [0.05, 0.1) is 11.4 Å². The first-order valence-corrected chi connectivity index (χ1v) is 6.64. The number of aryl methyl sites for hydroxylation is 1. The van der Waals surface area contributed by atoms with Crippen LogP contribution in [0, 0.1) is 12.8 Å².